The van der Waals surface area contributed by atoms with E-state index in [1.165, 1.54) is 6.07 Å². The average molecular weight is 418 g/mol. The predicted octanol–water partition coefficient (Wildman–Crippen LogP) is 4.15. The number of nitro groups is 1. The molecule has 1 aliphatic heterocycles. The van der Waals surface area contributed by atoms with Crippen molar-refractivity contribution >= 4 is 29.9 Å². The Kier molecular flexibility index (Phi) is 5.00. The summed E-state index contributed by atoms with van der Waals surface area (Å²) < 4.78 is 5.92. The zero-order chi connectivity index (χ0) is 21.3. The van der Waals surface area contributed by atoms with Crippen molar-refractivity contribution in [2.75, 3.05) is 4.90 Å². The van der Waals surface area contributed by atoms with Crippen molar-refractivity contribution < 1.29 is 14.1 Å². The molecule has 1 aromatic heterocycles. The van der Waals surface area contributed by atoms with Crippen molar-refractivity contribution in [3.63, 3.8) is 0 Å². The van der Waals surface area contributed by atoms with Crippen molar-refractivity contribution in [2.24, 2.45) is 0 Å². The number of amides is 1. The normalized spacial score (nSPS) is 16.2. The van der Waals surface area contributed by atoms with Crippen LogP contribution >= 0.6 is 12.6 Å². The Hall–Kier alpha value is -4.03. The molecule has 1 atom stereocenters. The van der Waals surface area contributed by atoms with Crippen LogP contribution in [-0.4, -0.2) is 10.8 Å². The number of hydrogen-bond donors (Lipinski definition) is 2. The largest absolute Gasteiger partial charge is 0.457 e. The maximum Gasteiger partial charge on any atom is 0.280 e. The molecule has 30 heavy (non-hydrogen) atoms. The third kappa shape index (κ3) is 3.29. The molecule has 1 N–H and O–H groups in total. The highest BCUT2D eigenvalue weighted by Gasteiger charge is 2.36. The average Bonchev–Trinajstić information content (AvgIpc) is 3.24. The van der Waals surface area contributed by atoms with Gasteiger partial charge in [-0.3, -0.25) is 14.9 Å². The van der Waals surface area contributed by atoms with Gasteiger partial charge < -0.3 is 14.6 Å². The molecule has 0 radical (unpaired) electrons. The number of nitro benzene ring substituents is 1. The maximum absolute atomic E-state index is 12.4. The third-order valence-electron chi connectivity index (χ3n) is 4.61. The lowest BCUT2D eigenvalue weighted by molar-refractivity contribution is -0.384. The molecule has 0 aliphatic carbocycles. The van der Waals surface area contributed by atoms with Crippen molar-refractivity contribution in [1.82, 2.24) is 5.32 Å². The van der Waals surface area contributed by atoms with Gasteiger partial charge in [0.2, 0.25) is 0 Å². The number of para-hydroxylation sites is 2. The van der Waals surface area contributed by atoms with Crippen LogP contribution in [0.1, 0.15) is 11.9 Å². The quantitative estimate of drug-likeness (QED) is 0.374. The number of thiol groups is 1. The highest BCUT2D eigenvalue weighted by atomic mass is 32.1. The van der Waals surface area contributed by atoms with Gasteiger partial charge in [0, 0.05) is 11.8 Å². The highest BCUT2D eigenvalue weighted by Crippen LogP contribution is 2.38. The number of nitriles is 1. The van der Waals surface area contributed by atoms with E-state index in [-0.39, 0.29) is 22.0 Å². The molecule has 4 rings (SSSR count). The molecule has 3 aromatic rings. The Labute approximate surface area is 176 Å². The van der Waals surface area contributed by atoms with Crippen LogP contribution in [0.2, 0.25) is 0 Å². The van der Waals surface area contributed by atoms with Gasteiger partial charge in [-0.1, -0.05) is 30.3 Å². The number of rotatable bonds is 4. The Morgan fingerprint density at radius 3 is 2.50 bits per heavy atom. The van der Waals surface area contributed by atoms with Crippen LogP contribution < -0.4 is 10.2 Å². The Bertz CT molecular complexity index is 1210. The molecule has 2 aromatic carbocycles. The third-order valence-corrected chi connectivity index (χ3v) is 5.05. The number of nitrogens with one attached hydrogen (secondary N) is 1. The number of carbonyl (C=O) groups excluding carboxylic acids is 1. The first-order valence-corrected chi connectivity index (χ1v) is 9.28. The SMILES string of the molecule is N#CC1=C(S)N(c2ccccc2)[C@@H](c2ccc(-c3ccccc3[N+](=O)[O-])o2)NC1=O. The van der Waals surface area contributed by atoms with E-state index in [0.29, 0.717) is 17.0 Å². The maximum atomic E-state index is 12.4. The van der Waals surface area contributed by atoms with E-state index in [9.17, 15) is 20.2 Å². The van der Waals surface area contributed by atoms with Crippen LogP contribution in [0.15, 0.2) is 81.7 Å². The van der Waals surface area contributed by atoms with E-state index in [4.69, 9.17) is 4.42 Å². The summed E-state index contributed by atoms with van der Waals surface area (Å²) in [5, 5.41) is 23.6. The number of nitrogens with zero attached hydrogens (tertiary/aromatic N) is 3. The first kappa shape index (κ1) is 19.3. The number of benzene rings is 2. The molecule has 8 nitrogen and oxygen atoms in total. The fourth-order valence-corrected chi connectivity index (χ4v) is 3.63. The fourth-order valence-electron chi connectivity index (χ4n) is 3.25. The van der Waals surface area contributed by atoms with Gasteiger partial charge in [0.05, 0.1) is 15.5 Å². The van der Waals surface area contributed by atoms with E-state index in [2.05, 4.69) is 17.9 Å². The lowest BCUT2D eigenvalue weighted by Crippen LogP contribution is -2.45. The van der Waals surface area contributed by atoms with Crippen LogP contribution in [0, 0.1) is 21.4 Å². The highest BCUT2D eigenvalue weighted by molar-refractivity contribution is 7.84. The minimum Gasteiger partial charge on any atom is -0.457 e. The Morgan fingerprint density at radius 2 is 1.80 bits per heavy atom. The summed E-state index contributed by atoms with van der Waals surface area (Å²) in [6, 6.07) is 20.4. The van der Waals surface area contributed by atoms with Gasteiger partial charge in [-0.05, 0) is 30.3 Å². The fraction of sp³-hybridized carbons (Fsp3) is 0.0476. The van der Waals surface area contributed by atoms with Crippen LogP contribution in [0.5, 0.6) is 0 Å². The summed E-state index contributed by atoms with van der Waals surface area (Å²) in [7, 11) is 0. The lowest BCUT2D eigenvalue weighted by Gasteiger charge is -2.36. The van der Waals surface area contributed by atoms with Gasteiger partial charge in [-0.25, -0.2) is 0 Å². The van der Waals surface area contributed by atoms with Gasteiger partial charge in [-0.2, -0.15) is 5.26 Å². The molecule has 0 spiro atoms. The molecular formula is C21H14N4O4S. The zero-order valence-electron chi connectivity index (χ0n) is 15.4. The lowest BCUT2D eigenvalue weighted by atomic mass is 10.1. The van der Waals surface area contributed by atoms with E-state index in [1.54, 1.807) is 35.2 Å². The summed E-state index contributed by atoms with van der Waals surface area (Å²) in [4.78, 5) is 24.9. The Morgan fingerprint density at radius 1 is 1.10 bits per heavy atom. The molecule has 0 bridgehead atoms. The Balaban J connectivity index is 1.81. The topological polar surface area (TPSA) is 112 Å². The molecular weight excluding hydrogens is 404 g/mol. The van der Waals surface area contributed by atoms with Gasteiger partial charge in [0.15, 0.2) is 6.17 Å². The van der Waals surface area contributed by atoms with Gasteiger partial charge in [0.25, 0.3) is 11.6 Å². The number of hydrogen-bond acceptors (Lipinski definition) is 7. The summed E-state index contributed by atoms with van der Waals surface area (Å²) in [6.07, 6.45) is -0.791. The standard InChI is InChI=1S/C21H14N4O4S/c22-12-15-20(26)23-19(24(21(15)30)13-6-2-1-3-7-13)18-11-10-17(29-18)14-8-4-5-9-16(14)25(27)28/h1-11,19,30H,(H,23,26)/t19-/m0/s1. The monoisotopic (exact) mass is 418 g/mol. The van der Waals surface area contributed by atoms with E-state index in [1.807, 2.05) is 36.4 Å². The van der Waals surface area contributed by atoms with Crippen molar-refractivity contribution in [1.29, 1.82) is 5.26 Å². The van der Waals surface area contributed by atoms with Crippen LogP contribution in [0.3, 0.4) is 0 Å². The minimum absolute atomic E-state index is 0.0902. The van der Waals surface area contributed by atoms with E-state index >= 15 is 0 Å². The van der Waals surface area contributed by atoms with Crippen molar-refractivity contribution in [3.8, 4) is 17.4 Å². The van der Waals surface area contributed by atoms with Gasteiger partial charge >= 0.3 is 0 Å². The smallest absolute Gasteiger partial charge is 0.280 e. The molecule has 0 saturated heterocycles. The first-order chi connectivity index (χ1) is 14.5. The van der Waals surface area contributed by atoms with E-state index < -0.39 is 17.0 Å². The van der Waals surface area contributed by atoms with Gasteiger partial charge in [-0.15, -0.1) is 12.6 Å². The summed E-state index contributed by atoms with van der Waals surface area (Å²) in [5.74, 6) is 0.0440. The minimum atomic E-state index is -0.791. The second kappa shape index (κ2) is 7.77. The number of anilines is 1. The molecule has 0 saturated carbocycles. The molecule has 2 heterocycles. The molecule has 0 fully saturated rings. The van der Waals surface area contributed by atoms with Crippen LogP contribution in [0.4, 0.5) is 11.4 Å². The van der Waals surface area contributed by atoms with E-state index in [0.717, 1.165) is 0 Å². The zero-order valence-corrected chi connectivity index (χ0v) is 16.2. The van der Waals surface area contributed by atoms with Crippen molar-refractivity contribution in [3.05, 3.63) is 93.2 Å². The van der Waals surface area contributed by atoms with Crippen LogP contribution in [-0.2, 0) is 4.79 Å². The van der Waals surface area contributed by atoms with Gasteiger partial charge in [0.1, 0.15) is 23.2 Å². The number of carbonyl (C=O) groups is 1. The molecule has 0 unspecified atom stereocenters. The number of furan rings is 1. The second-order valence-electron chi connectivity index (χ2n) is 6.37. The summed E-state index contributed by atoms with van der Waals surface area (Å²) >= 11 is 4.42. The second-order valence-corrected chi connectivity index (χ2v) is 6.79. The summed E-state index contributed by atoms with van der Waals surface area (Å²) in [5.41, 5.74) is 0.793. The molecule has 1 amide bonds. The summed E-state index contributed by atoms with van der Waals surface area (Å²) in [6.45, 7) is 0. The predicted molar refractivity (Wildman–Crippen MR) is 112 cm³/mol. The van der Waals surface area contributed by atoms with Crippen LogP contribution in [0.25, 0.3) is 11.3 Å². The molecule has 9 heteroatoms. The van der Waals surface area contributed by atoms with Crippen molar-refractivity contribution in [2.45, 2.75) is 6.17 Å². The molecule has 148 valence electrons. The molecule has 1 aliphatic rings. The first-order valence-electron chi connectivity index (χ1n) is 8.83.